The number of carbonyl (C=O) groups is 1. The van der Waals surface area contributed by atoms with E-state index in [1.165, 1.54) is 0 Å². The minimum absolute atomic E-state index is 0. The predicted molar refractivity (Wildman–Crippen MR) is 94.9 cm³/mol. The van der Waals surface area contributed by atoms with Gasteiger partial charge in [-0.25, -0.2) is 0 Å². The number of hydrogen-bond donors (Lipinski definition) is 1. The maximum absolute atomic E-state index is 12.8. The highest BCUT2D eigenvalue weighted by Gasteiger charge is 2.38. The zero-order chi connectivity index (χ0) is 16.9. The molecule has 1 saturated heterocycles. The van der Waals surface area contributed by atoms with Crippen molar-refractivity contribution in [2.45, 2.75) is 31.8 Å². The molecule has 2 N–H and O–H groups in total. The lowest BCUT2D eigenvalue weighted by Gasteiger charge is -2.36. The van der Waals surface area contributed by atoms with E-state index >= 15 is 0 Å². The fourth-order valence-corrected chi connectivity index (χ4v) is 2.79. The molecule has 136 valence electrons. The number of nitrogens with zero attached hydrogens (tertiary/aromatic N) is 1. The smallest absolute Gasteiger partial charge is 0.243 e. The molecule has 0 aromatic heterocycles. The van der Waals surface area contributed by atoms with Crippen LogP contribution in [-0.2, 0) is 16.1 Å². The van der Waals surface area contributed by atoms with E-state index in [1.54, 1.807) is 19.1 Å². The quantitative estimate of drug-likeness (QED) is 0.841. The molecule has 0 radical (unpaired) electrons. The Morgan fingerprint density at radius 3 is 2.42 bits per heavy atom. The van der Waals surface area contributed by atoms with Crippen molar-refractivity contribution in [2.75, 3.05) is 34.0 Å². The molecule has 6 nitrogen and oxygen atoms in total. The maximum atomic E-state index is 12.8. The summed E-state index contributed by atoms with van der Waals surface area (Å²) in [5.41, 5.74) is 6.48. The van der Waals surface area contributed by atoms with Crippen molar-refractivity contribution in [1.29, 1.82) is 0 Å². The molecule has 7 heteroatoms. The van der Waals surface area contributed by atoms with E-state index in [0.29, 0.717) is 50.6 Å². The number of benzene rings is 1. The molecule has 0 unspecified atom stereocenters. The van der Waals surface area contributed by atoms with Gasteiger partial charge in [0.1, 0.15) is 0 Å². The summed E-state index contributed by atoms with van der Waals surface area (Å²) in [5.74, 6) is 1.31. The van der Waals surface area contributed by atoms with Gasteiger partial charge >= 0.3 is 0 Å². The van der Waals surface area contributed by atoms with Gasteiger partial charge in [-0.15, -0.1) is 12.4 Å². The van der Waals surface area contributed by atoms with Gasteiger partial charge < -0.3 is 24.8 Å². The van der Waals surface area contributed by atoms with Crippen LogP contribution < -0.4 is 15.2 Å². The van der Waals surface area contributed by atoms with Gasteiger partial charge in [-0.3, -0.25) is 4.79 Å². The Morgan fingerprint density at radius 1 is 1.25 bits per heavy atom. The standard InChI is InChI=1S/C17H26N2O4.ClH/c1-4-19(16(20)17(18)7-9-23-10-8-17)12-13-5-6-14(21-2)15(11-13)22-3;/h5-6,11H,4,7-10,12,18H2,1-3H3;1H. The summed E-state index contributed by atoms with van der Waals surface area (Å²) in [6.07, 6.45) is 1.13. The molecule has 1 heterocycles. The number of rotatable bonds is 6. The normalized spacial score (nSPS) is 16.0. The SMILES string of the molecule is CCN(Cc1ccc(OC)c(OC)c1)C(=O)C1(N)CCOCC1.Cl. The third kappa shape index (κ3) is 4.53. The highest BCUT2D eigenvalue weighted by Crippen LogP contribution is 2.28. The van der Waals surface area contributed by atoms with Crippen molar-refractivity contribution >= 4 is 18.3 Å². The molecule has 1 aliphatic rings. The topological polar surface area (TPSA) is 74.0 Å². The van der Waals surface area contributed by atoms with Crippen LogP contribution >= 0.6 is 12.4 Å². The third-order valence-electron chi connectivity index (χ3n) is 4.30. The van der Waals surface area contributed by atoms with E-state index in [0.717, 1.165) is 5.56 Å². The molecule has 24 heavy (non-hydrogen) atoms. The molecule has 1 fully saturated rings. The minimum Gasteiger partial charge on any atom is -0.493 e. The first-order valence-corrected chi connectivity index (χ1v) is 7.91. The number of methoxy groups -OCH3 is 2. The molecule has 1 aromatic rings. The summed E-state index contributed by atoms with van der Waals surface area (Å²) >= 11 is 0. The molecular weight excluding hydrogens is 332 g/mol. The van der Waals surface area contributed by atoms with Crippen molar-refractivity contribution in [3.8, 4) is 11.5 Å². The molecule has 1 aliphatic heterocycles. The van der Waals surface area contributed by atoms with Gasteiger partial charge in [0, 0.05) is 26.3 Å². The third-order valence-corrected chi connectivity index (χ3v) is 4.30. The Kier molecular flexibility index (Phi) is 7.79. The zero-order valence-corrected chi connectivity index (χ0v) is 15.4. The summed E-state index contributed by atoms with van der Waals surface area (Å²) in [6.45, 7) is 4.14. The summed E-state index contributed by atoms with van der Waals surface area (Å²) in [5, 5.41) is 0. The number of likely N-dealkylation sites (N-methyl/N-ethyl adjacent to an activating group) is 1. The molecule has 0 bridgehead atoms. The first kappa shape index (κ1) is 20.5. The first-order chi connectivity index (χ1) is 11.0. The molecule has 0 aliphatic carbocycles. The zero-order valence-electron chi connectivity index (χ0n) is 14.5. The van der Waals surface area contributed by atoms with Gasteiger partial charge in [-0.05, 0) is 37.5 Å². The highest BCUT2D eigenvalue weighted by atomic mass is 35.5. The van der Waals surface area contributed by atoms with E-state index < -0.39 is 5.54 Å². The van der Waals surface area contributed by atoms with Crippen LogP contribution in [-0.4, -0.2) is 50.3 Å². The van der Waals surface area contributed by atoms with Gasteiger partial charge in [-0.1, -0.05) is 6.07 Å². The molecule has 1 amide bonds. The number of nitrogens with two attached hydrogens (primary N) is 1. The van der Waals surface area contributed by atoms with Crippen molar-refractivity contribution in [3.05, 3.63) is 23.8 Å². The average molecular weight is 359 g/mol. The van der Waals surface area contributed by atoms with Crippen molar-refractivity contribution in [3.63, 3.8) is 0 Å². The lowest BCUT2D eigenvalue weighted by molar-refractivity contribution is -0.141. The Balaban J connectivity index is 0.00000288. The molecular formula is C17H27ClN2O4. The Hall–Kier alpha value is -1.50. The second kappa shape index (κ2) is 9.11. The van der Waals surface area contributed by atoms with Crippen LogP contribution in [0.15, 0.2) is 18.2 Å². The van der Waals surface area contributed by atoms with Crippen LogP contribution in [0.3, 0.4) is 0 Å². The number of amides is 1. The van der Waals surface area contributed by atoms with Gasteiger partial charge in [0.05, 0.1) is 19.8 Å². The van der Waals surface area contributed by atoms with Gasteiger partial charge in [-0.2, -0.15) is 0 Å². The van der Waals surface area contributed by atoms with Crippen LogP contribution in [0.1, 0.15) is 25.3 Å². The van der Waals surface area contributed by atoms with Crippen molar-refractivity contribution in [1.82, 2.24) is 4.90 Å². The summed E-state index contributed by atoms with van der Waals surface area (Å²) in [7, 11) is 3.20. The number of hydrogen-bond acceptors (Lipinski definition) is 5. The molecule has 0 saturated carbocycles. The largest absolute Gasteiger partial charge is 0.493 e. The molecule has 1 aromatic carbocycles. The summed E-state index contributed by atoms with van der Waals surface area (Å²) < 4.78 is 15.9. The Bertz CT molecular complexity index is 547. The van der Waals surface area contributed by atoms with E-state index in [1.807, 2.05) is 25.1 Å². The number of carbonyl (C=O) groups excluding carboxylic acids is 1. The fraction of sp³-hybridized carbons (Fsp3) is 0.588. The van der Waals surface area contributed by atoms with E-state index in [2.05, 4.69) is 0 Å². The monoisotopic (exact) mass is 358 g/mol. The fourth-order valence-electron chi connectivity index (χ4n) is 2.79. The Labute approximate surface area is 149 Å². The van der Waals surface area contributed by atoms with Gasteiger partial charge in [0.2, 0.25) is 5.91 Å². The van der Waals surface area contributed by atoms with Gasteiger partial charge in [0.25, 0.3) is 0 Å². The lowest BCUT2D eigenvalue weighted by atomic mass is 9.89. The average Bonchev–Trinajstić information content (AvgIpc) is 2.59. The molecule has 0 spiro atoms. The van der Waals surface area contributed by atoms with Crippen LogP contribution in [0, 0.1) is 0 Å². The molecule has 2 rings (SSSR count). The van der Waals surface area contributed by atoms with E-state index in [4.69, 9.17) is 19.9 Å². The summed E-state index contributed by atoms with van der Waals surface area (Å²) in [6, 6.07) is 5.67. The first-order valence-electron chi connectivity index (χ1n) is 7.91. The Morgan fingerprint density at radius 2 is 1.88 bits per heavy atom. The highest BCUT2D eigenvalue weighted by molar-refractivity contribution is 5.86. The van der Waals surface area contributed by atoms with Crippen molar-refractivity contribution < 1.29 is 19.0 Å². The van der Waals surface area contributed by atoms with Crippen LogP contribution in [0.25, 0.3) is 0 Å². The maximum Gasteiger partial charge on any atom is 0.243 e. The molecule has 0 atom stereocenters. The second-order valence-corrected chi connectivity index (χ2v) is 5.78. The van der Waals surface area contributed by atoms with Crippen LogP contribution in [0.2, 0.25) is 0 Å². The number of halogens is 1. The summed E-state index contributed by atoms with van der Waals surface area (Å²) in [4.78, 5) is 14.6. The van der Waals surface area contributed by atoms with Crippen molar-refractivity contribution in [2.24, 2.45) is 5.73 Å². The minimum atomic E-state index is -0.815. The number of ether oxygens (including phenoxy) is 3. The predicted octanol–water partition coefficient (Wildman–Crippen LogP) is 1.98. The second-order valence-electron chi connectivity index (χ2n) is 5.78. The van der Waals surface area contributed by atoms with E-state index in [9.17, 15) is 4.79 Å². The van der Waals surface area contributed by atoms with Crippen LogP contribution in [0.5, 0.6) is 11.5 Å². The van der Waals surface area contributed by atoms with E-state index in [-0.39, 0.29) is 18.3 Å². The lowest BCUT2D eigenvalue weighted by Crippen LogP contribution is -2.57. The van der Waals surface area contributed by atoms with Gasteiger partial charge in [0.15, 0.2) is 11.5 Å². The van der Waals surface area contributed by atoms with Crippen LogP contribution in [0.4, 0.5) is 0 Å².